The highest BCUT2D eigenvalue weighted by atomic mass is 14.9. The van der Waals surface area contributed by atoms with Gasteiger partial charge in [0.25, 0.3) is 0 Å². The van der Waals surface area contributed by atoms with Crippen LogP contribution in [0.1, 0.15) is 17.1 Å². The molecule has 0 atom stereocenters. The predicted octanol–water partition coefficient (Wildman–Crippen LogP) is 2.27. The number of nitriles is 1. The second kappa shape index (κ2) is 5.08. The van der Waals surface area contributed by atoms with Gasteiger partial charge in [-0.05, 0) is 37.3 Å². The van der Waals surface area contributed by atoms with Crippen molar-refractivity contribution in [3.05, 3.63) is 53.6 Å². The number of benzene rings is 1. The highest BCUT2D eigenvalue weighted by Crippen LogP contribution is 2.09. The topological polar surface area (TPSA) is 61.6 Å². The van der Waals surface area contributed by atoms with Crippen LogP contribution in [0.2, 0.25) is 0 Å². The van der Waals surface area contributed by atoms with Crippen molar-refractivity contribution >= 4 is 5.69 Å². The number of anilines is 1. The molecule has 84 valence electrons. The SMILES string of the molecule is Cc1nccc(CNc2ccc(C#N)cc2)n1. The first-order valence-corrected chi connectivity index (χ1v) is 5.30. The van der Waals surface area contributed by atoms with Crippen LogP contribution in [0.15, 0.2) is 36.5 Å². The highest BCUT2D eigenvalue weighted by molar-refractivity contribution is 5.47. The van der Waals surface area contributed by atoms with E-state index in [1.54, 1.807) is 18.3 Å². The maximum atomic E-state index is 8.68. The maximum absolute atomic E-state index is 8.68. The van der Waals surface area contributed by atoms with Crippen molar-refractivity contribution < 1.29 is 0 Å². The summed E-state index contributed by atoms with van der Waals surface area (Å²) in [5.41, 5.74) is 2.58. The molecule has 0 aliphatic rings. The number of nitrogens with one attached hydrogen (secondary N) is 1. The van der Waals surface area contributed by atoms with E-state index in [1.807, 2.05) is 25.1 Å². The summed E-state index contributed by atoms with van der Waals surface area (Å²) < 4.78 is 0. The normalized spacial score (nSPS) is 9.65. The molecule has 0 saturated heterocycles. The molecule has 4 heteroatoms. The fraction of sp³-hybridized carbons (Fsp3) is 0.154. The van der Waals surface area contributed by atoms with Crippen LogP contribution in [0.3, 0.4) is 0 Å². The number of nitrogens with zero attached hydrogens (tertiary/aromatic N) is 3. The largest absolute Gasteiger partial charge is 0.379 e. The lowest BCUT2D eigenvalue weighted by Gasteiger charge is -2.05. The summed E-state index contributed by atoms with van der Waals surface area (Å²) in [7, 11) is 0. The average Bonchev–Trinajstić information content (AvgIpc) is 2.37. The van der Waals surface area contributed by atoms with Crippen LogP contribution in [0, 0.1) is 18.3 Å². The van der Waals surface area contributed by atoms with Crippen molar-refractivity contribution in [2.24, 2.45) is 0 Å². The average molecular weight is 224 g/mol. The number of rotatable bonds is 3. The Kier molecular flexibility index (Phi) is 3.31. The van der Waals surface area contributed by atoms with E-state index in [-0.39, 0.29) is 0 Å². The summed E-state index contributed by atoms with van der Waals surface area (Å²) in [5.74, 6) is 0.768. The van der Waals surface area contributed by atoms with Crippen LogP contribution in [0.5, 0.6) is 0 Å². The van der Waals surface area contributed by atoms with Crippen molar-refractivity contribution in [2.45, 2.75) is 13.5 Å². The molecule has 0 aliphatic heterocycles. The van der Waals surface area contributed by atoms with Crippen LogP contribution < -0.4 is 5.32 Å². The van der Waals surface area contributed by atoms with Crippen molar-refractivity contribution in [3.8, 4) is 6.07 Å². The highest BCUT2D eigenvalue weighted by Gasteiger charge is 1.96. The molecule has 0 unspecified atom stereocenters. The van der Waals surface area contributed by atoms with Gasteiger partial charge in [-0.25, -0.2) is 9.97 Å². The molecule has 0 bridgehead atoms. The molecule has 0 radical (unpaired) electrons. The zero-order chi connectivity index (χ0) is 12.1. The predicted molar refractivity (Wildman–Crippen MR) is 65.3 cm³/mol. The lowest BCUT2D eigenvalue weighted by Crippen LogP contribution is -2.03. The summed E-state index contributed by atoms with van der Waals surface area (Å²) in [4.78, 5) is 8.34. The number of hydrogen-bond acceptors (Lipinski definition) is 4. The minimum Gasteiger partial charge on any atom is -0.379 e. The van der Waals surface area contributed by atoms with Crippen molar-refractivity contribution in [1.29, 1.82) is 5.26 Å². The third kappa shape index (κ3) is 3.02. The van der Waals surface area contributed by atoms with E-state index in [9.17, 15) is 0 Å². The molecule has 0 aliphatic carbocycles. The molecule has 0 amide bonds. The second-order valence-electron chi connectivity index (χ2n) is 3.64. The molecule has 0 fully saturated rings. The summed E-state index contributed by atoms with van der Waals surface area (Å²) in [6.07, 6.45) is 1.75. The Hall–Kier alpha value is -2.41. The molecule has 2 rings (SSSR count). The Morgan fingerprint density at radius 1 is 1.24 bits per heavy atom. The molecule has 1 aromatic carbocycles. The van der Waals surface area contributed by atoms with Gasteiger partial charge in [0.2, 0.25) is 0 Å². The second-order valence-corrected chi connectivity index (χ2v) is 3.64. The van der Waals surface area contributed by atoms with Crippen molar-refractivity contribution in [3.63, 3.8) is 0 Å². The third-order valence-electron chi connectivity index (χ3n) is 2.32. The van der Waals surface area contributed by atoms with Crippen LogP contribution in [-0.4, -0.2) is 9.97 Å². The fourth-order valence-electron chi connectivity index (χ4n) is 1.46. The molecule has 2 aromatic rings. The van der Waals surface area contributed by atoms with E-state index < -0.39 is 0 Å². The van der Waals surface area contributed by atoms with Crippen LogP contribution in [0.4, 0.5) is 5.69 Å². The monoisotopic (exact) mass is 224 g/mol. The zero-order valence-electron chi connectivity index (χ0n) is 9.51. The van der Waals surface area contributed by atoms with Gasteiger partial charge in [0.1, 0.15) is 5.82 Å². The molecule has 1 aromatic heterocycles. The quantitative estimate of drug-likeness (QED) is 0.868. The minimum atomic E-state index is 0.648. The van der Waals surface area contributed by atoms with Gasteiger partial charge in [-0.3, -0.25) is 0 Å². The summed E-state index contributed by atoms with van der Waals surface area (Å²) in [6, 6.07) is 11.3. The van der Waals surface area contributed by atoms with Gasteiger partial charge >= 0.3 is 0 Å². The van der Waals surface area contributed by atoms with Gasteiger partial charge in [0.05, 0.1) is 23.9 Å². The van der Waals surface area contributed by atoms with Gasteiger partial charge in [0, 0.05) is 11.9 Å². The molecule has 0 saturated carbocycles. The lowest BCUT2D eigenvalue weighted by molar-refractivity contribution is 0.955. The van der Waals surface area contributed by atoms with Gasteiger partial charge < -0.3 is 5.32 Å². The Bertz CT molecular complexity index is 540. The smallest absolute Gasteiger partial charge is 0.125 e. The maximum Gasteiger partial charge on any atom is 0.125 e. The molecule has 4 nitrogen and oxygen atoms in total. The first kappa shape index (κ1) is 11.1. The Labute approximate surface area is 100.0 Å². The molecular formula is C13H12N4. The first-order valence-electron chi connectivity index (χ1n) is 5.30. The van der Waals surface area contributed by atoms with Crippen molar-refractivity contribution in [2.75, 3.05) is 5.32 Å². The fourth-order valence-corrected chi connectivity index (χ4v) is 1.46. The van der Waals surface area contributed by atoms with E-state index >= 15 is 0 Å². The molecular weight excluding hydrogens is 212 g/mol. The summed E-state index contributed by atoms with van der Waals surface area (Å²) >= 11 is 0. The van der Waals surface area contributed by atoms with Crippen LogP contribution in [0.25, 0.3) is 0 Å². The van der Waals surface area contributed by atoms with Crippen LogP contribution in [-0.2, 0) is 6.54 Å². The van der Waals surface area contributed by atoms with E-state index in [2.05, 4.69) is 21.4 Å². The molecule has 1 heterocycles. The zero-order valence-corrected chi connectivity index (χ0v) is 9.51. The lowest BCUT2D eigenvalue weighted by atomic mass is 10.2. The summed E-state index contributed by atoms with van der Waals surface area (Å²) in [6.45, 7) is 2.51. The number of aryl methyl sites for hydroxylation is 1. The van der Waals surface area contributed by atoms with E-state index in [4.69, 9.17) is 5.26 Å². The van der Waals surface area contributed by atoms with Gasteiger partial charge in [0.15, 0.2) is 0 Å². The van der Waals surface area contributed by atoms with E-state index in [0.717, 1.165) is 17.2 Å². The first-order chi connectivity index (χ1) is 8.28. The third-order valence-corrected chi connectivity index (χ3v) is 2.32. The van der Waals surface area contributed by atoms with Gasteiger partial charge in [-0.1, -0.05) is 0 Å². The number of aromatic nitrogens is 2. The van der Waals surface area contributed by atoms with Crippen LogP contribution >= 0.6 is 0 Å². The van der Waals surface area contributed by atoms with E-state index in [0.29, 0.717) is 12.1 Å². The standard InChI is InChI=1S/C13H12N4/c1-10-15-7-6-13(17-10)9-16-12-4-2-11(8-14)3-5-12/h2-7,16H,9H2,1H3. The molecule has 17 heavy (non-hydrogen) atoms. The van der Waals surface area contributed by atoms with Gasteiger partial charge in [-0.15, -0.1) is 0 Å². The van der Waals surface area contributed by atoms with Crippen molar-refractivity contribution in [1.82, 2.24) is 9.97 Å². The number of hydrogen-bond donors (Lipinski definition) is 1. The van der Waals surface area contributed by atoms with Gasteiger partial charge in [-0.2, -0.15) is 5.26 Å². The molecule has 1 N–H and O–H groups in total. The minimum absolute atomic E-state index is 0.648. The molecule has 0 spiro atoms. The Morgan fingerprint density at radius 2 is 2.00 bits per heavy atom. The van der Waals surface area contributed by atoms with E-state index in [1.165, 1.54) is 0 Å². The summed E-state index contributed by atoms with van der Waals surface area (Å²) in [5, 5.41) is 11.9. The Morgan fingerprint density at radius 3 is 2.65 bits per heavy atom. The Balaban J connectivity index is 2.00.